The molecule has 1 fully saturated rings. The van der Waals surface area contributed by atoms with Gasteiger partial charge in [-0.3, -0.25) is 0 Å². The SMILES string of the molecule is Cl.O=C(Nc1ccc2c(c1)CCNC2)NC1CCCCC1. The van der Waals surface area contributed by atoms with E-state index in [-0.39, 0.29) is 18.4 Å². The second-order valence-corrected chi connectivity index (χ2v) is 5.84. The number of carbonyl (C=O) groups excluding carboxylic acids is 1. The summed E-state index contributed by atoms with van der Waals surface area (Å²) < 4.78 is 0. The van der Waals surface area contributed by atoms with E-state index in [1.807, 2.05) is 6.07 Å². The number of rotatable bonds is 2. The summed E-state index contributed by atoms with van der Waals surface area (Å²) in [6.45, 7) is 1.95. The van der Waals surface area contributed by atoms with Gasteiger partial charge in [-0.25, -0.2) is 4.79 Å². The molecule has 1 aromatic rings. The van der Waals surface area contributed by atoms with Crippen molar-refractivity contribution in [1.82, 2.24) is 10.6 Å². The molecule has 1 aromatic carbocycles. The molecule has 116 valence electrons. The van der Waals surface area contributed by atoms with Crippen molar-refractivity contribution in [3.63, 3.8) is 0 Å². The van der Waals surface area contributed by atoms with E-state index in [1.54, 1.807) is 0 Å². The first-order chi connectivity index (χ1) is 9.81. The summed E-state index contributed by atoms with van der Waals surface area (Å²) in [5, 5.41) is 9.41. The van der Waals surface area contributed by atoms with Crippen molar-refractivity contribution in [3.05, 3.63) is 29.3 Å². The van der Waals surface area contributed by atoms with Crippen LogP contribution in [0.25, 0.3) is 0 Å². The molecule has 2 amide bonds. The Morgan fingerprint density at radius 1 is 1.14 bits per heavy atom. The van der Waals surface area contributed by atoms with E-state index >= 15 is 0 Å². The Labute approximate surface area is 132 Å². The minimum atomic E-state index is -0.0641. The van der Waals surface area contributed by atoms with E-state index in [1.165, 1.54) is 30.4 Å². The third-order valence-corrected chi connectivity index (χ3v) is 4.29. The number of anilines is 1. The number of amides is 2. The van der Waals surface area contributed by atoms with Crippen LogP contribution in [0.2, 0.25) is 0 Å². The molecule has 0 aromatic heterocycles. The van der Waals surface area contributed by atoms with Crippen LogP contribution in [0.4, 0.5) is 10.5 Å². The third-order valence-electron chi connectivity index (χ3n) is 4.29. The first-order valence-electron chi connectivity index (χ1n) is 7.71. The zero-order valence-corrected chi connectivity index (χ0v) is 13.1. The Morgan fingerprint density at radius 3 is 2.76 bits per heavy atom. The van der Waals surface area contributed by atoms with Crippen molar-refractivity contribution in [3.8, 4) is 0 Å². The molecule has 5 heteroatoms. The predicted octanol–water partition coefficient (Wildman–Crippen LogP) is 3.21. The monoisotopic (exact) mass is 309 g/mol. The summed E-state index contributed by atoms with van der Waals surface area (Å²) in [5.41, 5.74) is 3.59. The third kappa shape index (κ3) is 4.35. The smallest absolute Gasteiger partial charge is 0.319 e. The second kappa shape index (κ2) is 7.66. The number of benzene rings is 1. The van der Waals surface area contributed by atoms with Crippen LogP contribution in [0.5, 0.6) is 0 Å². The Morgan fingerprint density at radius 2 is 1.95 bits per heavy atom. The number of carbonyl (C=O) groups is 1. The maximum Gasteiger partial charge on any atom is 0.319 e. The predicted molar refractivity (Wildman–Crippen MR) is 88.1 cm³/mol. The summed E-state index contributed by atoms with van der Waals surface area (Å²) >= 11 is 0. The van der Waals surface area contributed by atoms with Crippen LogP contribution in [0, 0.1) is 0 Å². The van der Waals surface area contributed by atoms with Crippen LogP contribution < -0.4 is 16.0 Å². The van der Waals surface area contributed by atoms with Gasteiger partial charge >= 0.3 is 6.03 Å². The number of halogens is 1. The molecule has 0 bridgehead atoms. The highest BCUT2D eigenvalue weighted by atomic mass is 35.5. The Bertz CT molecular complexity index is 486. The molecule has 0 atom stereocenters. The van der Waals surface area contributed by atoms with Crippen LogP contribution in [-0.4, -0.2) is 18.6 Å². The molecule has 1 aliphatic carbocycles. The van der Waals surface area contributed by atoms with Crippen molar-refractivity contribution in [1.29, 1.82) is 0 Å². The van der Waals surface area contributed by atoms with Crippen LogP contribution in [0.3, 0.4) is 0 Å². The van der Waals surface area contributed by atoms with E-state index in [2.05, 4.69) is 28.1 Å². The standard InChI is InChI=1S/C16H23N3O.ClH/c20-16(18-14-4-2-1-3-5-14)19-15-7-6-13-11-17-9-8-12(13)10-15;/h6-7,10,14,17H,1-5,8-9,11H2,(H2,18,19,20);1H. The van der Waals surface area contributed by atoms with Gasteiger partial charge in [0, 0.05) is 18.3 Å². The normalized spacial score (nSPS) is 18.3. The Kier molecular flexibility index (Phi) is 5.88. The highest BCUT2D eigenvalue weighted by Gasteiger charge is 2.16. The number of urea groups is 1. The number of hydrogen-bond donors (Lipinski definition) is 3. The molecule has 3 rings (SSSR count). The fraction of sp³-hybridized carbons (Fsp3) is 0.562. The zero-order valence-electron chi connectivity index (χ0n) is 12.3. The van der Waals surface area contributed by atoms with Crippen molar-refractivity contribution in [2.75, 3.05) is 11.9 Å². The summed E-state index contributed by atoms with van der Waals surface area (Å²) in [5.74, 6) is 0. The van der Waals surface area contributed by atoms with Gasteiger partial charge in [-0.15, -0.1) is 12.4 Å². The van der Waals surface area contributed by atoms with E-state index in [0.29, 0.717) is 6.04 Å². The fourth-order valence-electron chi connectivity index (χ4n) is 3.15. The average molecular weight is 310 g/mol. The minimum absolute atomic E-state index is 0. The molecule has 1 heterocycles. The highest BCUT2D eigenvalue weighted by Crippen LogP contribution is 2.20. The lowest BCUT2D eigenvalue weighted by molar-refractivity contribution is 0.244. The van der Waals surface area contributed by atoms with Crippen LogP contribution in [0.1, 0.15) is 43.2 Å². The maximum absolute atomic E-state index is 12.0. The quantitative estimate of drug-likeness (QED) is 0.786. The molecule has 1 saturated carbocycles. The zero-order chi connectivity index (χ0) is 13.8. The maximum atomic E-state index is 12.0. The average Bonchev–Trinajstić information content (AvgIpc) is 2.48. The molecule has 0 unspecified atom stereocenters. The number of hydrogen-bond acceptors (Lipinski definition) is 2. The van der Waals surface area contributed by atoms with Crippen LogP contribution >= 0.6 is 12.4 Å². The second-order valence-electron chi connectivity index (χ2n) is 5.84. The number of fused-ring (bicyclic) bond motifs is 1. The first kappa shape index (κ1) is 16.1. The summed E-state index contributed by atoms with van der Waals surface area (Å²) in [7, 11) is 0. The van der Waals surface area contributed by atoms with Gasteiger partial charge in [-0.2, -0.15) is 0 Å². The van der Waals surface area contributed by atoms with Gasteiger partial charge in [-0.05, 0) is 49.1 Å². The molecule has 3 N–H and O–H groups in total. The molecule has 1 aliphatic heterocycles. The lowest BCUT2D eigenvalue weighted by atomic mass is 9.96. The van der Waals surface area contributed by atoms with Gasteiger partial charge < -0.3 is 16.0 Å². The van der Waals surface area contributed by atoms with E-state index in [9.17, 15) is 4.79 Å². The summed E-state index contributed by atoms with van der Waals surface area (Å²) in [4.78, 5) is 12.0. The molecule has 4 nitrogen and oxygen atoms in total. The molecule has 0 radical (unpaired) electrons. The van der Waals surface area contributed by atoms with Gasteiger partial charge in [0.15, 0.2) is 0 Å². The Balaban J connectivity index is 0.00000161. The van der Waals surface area contributed by atoms with Crippen molar-refractivity contribution in [2.45, 2.75) is 51.1 Å². The van der Waals surface area contributed by atoms with Gasteiger partial charge in [0.2, 0.25) is 0 Å². The molecule has 0 spiro atoms. The highest BCUT2D eigenvalue weighted by molar-refractivity contribution is 5.89. The molecule has 0 saturated heterocycles. The molecular weight excluding hydrogens is 286 g/mol. The van der Waals surface area contributed by atoms with Crippen molar-refractivity contribution >= 4 is 24.1 Å². The molecule has 21 heavy (non-hydrogen) atoms. The lowest BCUT2D eigenvalue weighted by Crippen LogP contribution is -2.39. The van der Waals surface area contributed by atoms with Crippen LogP contribution in [-0.2, 0) is 13.0 Å². The van der Waals surface area contributed by atoms with E-state index in [4.69, 9.17) is 0 Å². The van der Waals surface area contributed by atoms with Crippen molar-refractivity contribution < 1.29 is 4.79 Å². The largest absolute Gasteiger partial charge is 0.335 e. The van der Waals surface area contributed by atoms with Crippen molar-refractivity contribution in [2.24, 2.45) is 0 Å². The van der Waals surface area contributed by atoms with Crippen LogP contribution in [0.15, 0.2) is 18.2 Å². The first-order valence-corrected chi connectivity index (χ1v) is 7.71. The van der Waals surface area contributed by atoms with E-state index in [0.717, 1.165) is 38.0 Å². The lowest BCUT2D eigenvalue weighted by Gasteiger charge is -2.23. The fourth-order valence-corrected chi connectivity index (χ4v) is 3.15. The van der Waals surface area contributed by atoms with Gasteiger partial charge in [0.05, 0.1) is 0 Å². The van der Waals surface area contributed by atoms with E-state index < -0.39 is 0 Å². The molecular formula is C16H24ClN3O. The van der Waals surface area contributed by atoms with Gasteiger partial charge in [0.1, 0.15) is 0 Å². The van der Waals surface area contributed by atoms with Gasteiger partial charge in [-0.1, -0.05) is 25.3 Å². The summed E-state index contributed by atoms with van der Waals surface area (Å²) in [6.07, 6.45) is 7.04. The minimum Gasteiger partial charge on any atom is -0.335 e. The number of nitrogens with one attached hydrogen (secondary N) is 3. The van der Waals surface area contributed by atoms with Gasteiger partial charge in [0.25, 0.3) is 0 Å². The molecule has 2 aliphatic rings. The topological polar surface area (TPSA) is 53.2 Å². The summed E-state index contributed by atoms with van der Waals surface area (Å²) in [6, 6.07) is 6.50. The Hall–Kier alpha value is -1.26.